The van der Waals surface area contributed by atoms with E-state index < -0.39 is 0 Å². The van der Waals surface area contributed by atoms with Gasteiger partial charge >= 0.3 is 0 Å². The number of hydrogen-bond donors (Lipinski definition) is 1. The lowest BCUT2D eigenvalue weighted by molar-refractivity contribution is 0.0516. The number of nitrogen functional groups attached to an aromatic ring is 1. The van der Waals surface area contributed by atoms with Gasteiger partial charge in [-0.1, -0.05) is 0 Å². The minimum Gasteiger partial charge on any atom is -0.465 e. The van der Waals surface area contributed by atoms with E-state index in [1.807, 2.05) is 24.5 Å². The maximum absolute atomic E-state index is 5.74. The summed E-state index contributed by atoms with van der Waals surface area (Å²) in [7, 11) is 1.58. The van der Waals surface area contributed by atoms with E-state index in [1.165, 1.54) is 0 Å². The van der Waals surface area contributed by atoms with Gasteiger partial charge < -0.3 is 15.2 Å². The molecule has 72 valence electrons. The third-order valence-electron chi connectivity index (χ3n) is 1.55. The molecule has 13 heavy (non-hydrogen) atoms. The number of nitrogens with two attached hydrogens (primary N) is 1. The normalized spacial score (nSPS) is 10.0. The van der Waals surface area contributed by atoms with Crippen molar-refractivity contribution in [2.45, 2.75) is 4.90 Å². The summed E-state index contributed by atoms with van der Waals surface area (Å²) in [5.41, 5.74) is 6.39. The predicted octanol–water partition coefficient (Wildman–Crippen LogP) is 1.97. The molecule has 0 radical (unpaired) electrons. The summed E-state index contributed by atoms with van der Waals surface area (Å²) in [6.07, 6.45) is 2.00. The van der Waals surface area contributed by atoms with Crippen LogP contribution in [0.4, 0.5) is 5.69 Å². The van der Waals surface area contributed by atoms with E-state index in [2.05, 4.69) is 0 Å². The zero-order chi connectivity index (χ0) is 9.68. The van der Waals surface area contributed by atoms with Gasteiger partial charge in [0.2, 0.25) is 0 Å². The Morgan fingerprint density at radius 1 is 1.46 bits per heavy atom. The van der Waals surface area contributed by atoms with Gasteiger partial charge in [0, 0.05) is 12.0 Å². The van der Waals surface area contributed by atoms with Gasteiger partial charge in [-0.15, -0.1) is 11.8 Å². The molecular formula is C9H13NO2S. The molecule has 0 aliphatic carbocycles. The second-order valence-corrected chi connectivity index (χ2v) is 3.33. The number of anilines is 1. The van der Waals surface area contributed by atoms with Crippen LogP contribution in [0.25, 0.3) is 0 Å². The van der Waals surface area contributed by atoms with Crippen molar-refractivity contribution in [1.29, 1.82) is 0 Å². The Balaban J connectivity index is 2.73. The number of rotatable bonds is 4. The molecule has 0 aromatic heterocycles. The van der Waals surface area contributed by atoms with Crippen molar-refractivity contribution >= 4 is 17.4 Å². The van der Waals surface area contributed by atoms with Crippen molar-refractivity contribution in [1.82, 2.24) is 0 Å². The van der Waals surface area contributed by atoms with Gasteiger partial charge in [-0.25, -0.2) is 0 Å². The summed E-state index contributed by atoms with van der Waals surface area (Å²) < 4.78 is 10.0. The van der Waals surface area contributed by atoms with E-state index in [-0.39, 0.29) is 6.79 Å². The number of ether oxygens (including phenoxy) is 2. The highest BCUT2D eigenvalue weighted by molar-refractivity contribution is 7.98. The average molecular weight is 199 g/mol. The predicted molar refractivity (Wildman–Crippen MR) is 55.1 cm³/mol. The van der Waals surface area contributed by atoms with Crippen molar-refractivity contribution < 1.29 is 9.47 Å². The SMILES string of the molecule is COCOc1ccc(SC)cc1N. The summed E-state index contributed by atoms with van der Waals surface area (Å²) in [6.45, 7) is 0.225. The maximum atomic E-state index is 5.74. The first-order valence-corrected chi connectivity index (χ1v) is 5.05. The number of benzene rings is 1. The van der Waals surface area contributed by atoms with Crippen LogP contribution in [0.5, 0.6) is 5.75 Å². The van der Waals surface area contributed by atoms with Gasteiger partial charge in [0.05, 0.1) is 5.69 Å². The van der Waals surface area contributed by atoms with Crippen LogP contribution in [0.2, 0.25) is 0 Å². The Morgan fingerprint density at radius 3 is 2.77 bits per heavy atom. The average Bonchev–Trinajstić information content (AvgIpc) is 2.16. The Hall–Kier alpha value is -0.870. The van der Waals surface area contributed by atoms with Gasteiger partial charge in [0.15, 0.2) is 6.79 Å². The molecule has 0 heterocycles. The molecule has 0 saturated heterocycles. The molecule has 0 unspecified atom stereocenters. The molecule has 0 saturated carbocycles. The van der Waals surface area contributed by atoms with Gasteiger partial charge in [0.25, 0.3) is 0 Å². The first kappa shape index (κ1) is 10.2. The second-order valence-electron chi connectivity index (χ2n) is 2.45. The molecule has 1 rings (SSSR count). The Bertz CT molecular complexity index is 278. The van der Waals surface area contributed by atoms with Crippen LogP contribution in [0.15, 0.2) is 23.1 Å². The summed E-state index contributed by atoms with van der Waals surface area (Å²) in [4.78, 5) is 1.13. The minimum absolute atomic E-state index is 0.225. The van der Waals surface area contributed by atoms with Crippen LogP contribution in [0.1, 0.15) is 0 Å². The highest BCUT2D eigenvalue weighted by Gasteiger charge is 2.00. The largest absolute Gasteiger partial charge is 0.465 e. The standard InChI is InChI=1S/C9H13NO2S/c1-11-6-12-9-4-3-7(13-2)5-8(9)10/h3-5H,6,10H2,1-2H3. The Labute approximate surface area is 82.2 Å². The van der Waals surface area contributed by atoms with Crippen molar-refractivity contribution in [2.24, 2.45) is 0 Å². The summed E-state index contributed by atoms with van der Waals surface area (Å²) in [5.74, 6) is 0.666. The molecular weight excluding hydrogens is 186 g/mol. The van der Waals surface area contributed by atoms with E-state index in [1.54, 1.807) is 18.9 Å². The zero-order valence-corrected chi connectivity index (χ0v) is 8.56. The van der Waals surface area contributed by atoms with E-state index in [9.17, 15) is 0 Å². The van der Waals surface area contributed by atoms with Crippen LogP contribution in [0.3, 0.4) is 0 Å². The van der Waals surface area contributed by atoms with Gasteiger partial charge in [-0.3, -0.25) is 0 Å². The van der Waals surface area contributed by atoms with Crippen LogP contribution in [-0.4, -0.2) is 20.2 Å². The molecule has 2 N–H and O–H groups in total. The molecule has 0 amide bonds. The van der Waals surface area contributed by atoms with Gasteiger partial charge in [-0.05, 0) is 24.5 Å². The molecule has 1 aromatic rings. The number of hydrogen-bond acceptors (Lipinski definition) is 4. The van der Waals surface area contributed by atoms with Crippen LogP contribution in [0, 0.1) is 0 Å². The first-order chi connectivity index (χ1) is 6.27. The molecule has 0 spiro atoms. The Kier molecular flexibility index (Phi) is 3.92. The van der Waals surface area contributed by atoms with E-state index in [0.29, 0.717) is 11.4 Å². The summed E-state index contributed by atoms with van der Waals surface area (Å²) >= 11 is 1.65. The molecule has 1 aromatic carbocycles. The van der Waals surface area contributed by atoms with Crippen LogP contribution in [-0.2, 0) is 4.74 Å². The summed E-state index contributed by atoms with van der Waals surface area (Å²) in [6, 6.07) is 5.70. The number of thioether (sulfide) groups is 1. The molecule has 0 fully saturated rings. The Morgan fingerprint density at radius 2 is 2.23 bits per heavy atom. The van der Waals surface area contributed by atoms with Crippen LogP contribution >= 0.6 is 11.8 Å². The minimum atomic E-state index is 0.225. The fraction of sp³-hybridized carbons (Fsp3) is 0.333. The van der Waals surface area contributed by atoms with Gasteiger partial charge in [-0.2, -0.15) is 0 Å². The van der Waals surface area contributed by atoms with Gasteiger partial charge in [0.1, 0.15) is 5.75 Å². The fourth-order valence-corrected chi connectivity index (χ4v) is 1.36. The van der Waals surface area contributed by atoms with E-state index in [4.69, 9.17) is 15.2 Å². The molecule has 3 nitrogen and oxygen atoms in total. The highest BCUT2D eigenvalue weighted by Crippen LogP contribution is 2.26. The van der Waals surface area contributed by atoms with Crippen LogP contribution < -0.4 is 10.5 Å². The maximum Gasteiger partial charge on any atom is 0.188 e. The second kappa shape index (κ2) is 4.99. The molecule has 0 bridgehead atoms. The van der Waals surface area contributed by atoms with Crippen molar-refractivity contribution in [3.63, 3.8) is 0 Å². The smallest absolute Gasteiger partial charge is 0.188 e. The van der Waals surface area contributed by atoms with E-state index in [0.717, 1.165) is 4.90 Å². The molecule has 0 aliphatic rings. The van der Waals surface area contributed by atoms with Crippen molar-refractivity contribution in [3.8, 4) is 5.75 Å². The van der Waals surface area contributed by atoms with Crippen molar-refractivity contribution in [3.05, 3.63) is 18.2 Å². The van der Waals surface area contributed by atoms with Crippen molar-refractivity contribution in [2.75, 3.05) is 25.9 Å². The lowest BCUT2D eigenvalue weighted by atomic mass is 10.3. The summed E-state index contributed by atoms with van der Waals surface area (Å²) in [5, 5.41) is 0. The first-order valence-electron chi connectivity index (χ1n) is 3.83. The van der Waals surface area contributed by atoms with E-state index >= 15 is 0 Å². The third kappa shape index (κ3) is 2.82. The molecule has 0 atom stereocenters. The highest BCUT2D eigenvalue weighted by atomic mass is 32.2. The quantitative estimate of drug-likeness (QED) is 0.457. The number of methoxy groups -OCH3 is 1. The lowest BCUT2D eigenvalue weighted by Gasteiger charge is -2.08. The fourth-order valence-electron chi connectivity index (χ4n) is 0.907. The molecule has 0 aliphatic heterocycles. The molecule has 4 heteroatoms. The third-order valence-corrected chi connectivity index (χ3v) is 2.27. The zero-order valence-electron chi connectivity index (χ0n) is 7.74. The lowest BCUT2D eigenvalue weighted by Crippen LogP contribution is -2.01. The monoisotopic (exact) mass is 199 g/mol. The topological polar surface area (TPSA) is 44.5 Å².